The lowest BCUT2D eigenvalue weighted by Crippen LogP contribution is -2.28. The number of aromatic nitrogens is 3. The third-order valence-corrected chi connectivity index (χ3v) is 5.54. The van der Waals surface area contributed by atoms with Crippen LogP contribution in [0.4, 0.5) is 0 Å². The van der Waals surface area contributed by atoms with Crippen molar-refractivity contribution in [1.82, 2.24) is 19.7 Å². The van der Waals surface area contributed by atoms with Crippen molar-refractivity contribution < 1.29 is 9.59 Å². The molecule has 0 radical (unpaired) electrons. The van der Waals surface area contributed by atoms with E-state index in [1.165, 1.54) is 0 Å². The topological polar surface area (TPSA) is 68.1 Å². The zero-order valence-electron chi connectivity index (χ0n) is 17.8. The lowest BCUT2D eigenvalue weighted by atomic mass is 9.75. The Balaban J connectivity index is 1.58. The molecule has 154 valence electrons. The molecule has 6 heteroatoms. The molecule has 6 nitrogen and oxygen atoms in total. The average molecular weight is 402 g/mol. The molecule has 2 aromatic heterocycles. The van der Waals surface area contributed by atoms with Gasteiger partial charge in [-0.15, -0.1) is 0 Å². The SMILES string of the molecule is Cc1nn(-c2ccc(C(=O)N(C)Cc3ccccc3)cn2)c2c1C(=O)CC(C)(C)C2. The van der Waals surface area contributed by atoms with E-state index >= 15 is 0 Å². The van der Waals surface area contributed by atoms with Crippen LogP contribution in [-0.4, -0.2) is 38.4 Å². The van der Waals surface area contributed by atoms with Crippen LogP contribution in [0.15, 0.2) is 48.7 Å². The lowest BCUT2D eigenvalue weighted by molar-refractivity contribution is 0.0784. The molecular formula is C24H26N4O2. The van der Waals surface area contributed by atoms with E-state index in [1.807, 2.05) is 37.3 Å². The minimum atomic E-state index is -0.107. The summed E-state index contributed by atoms with van der Waals surface area (Å²) in [6, 6.07) is 13.4. The fourth-order valence-electron chi connectivity index (χ4n) is 4.12. The zero-order valence-corrected chi connectivity index (χ0v) is 17.8. The number of Topliss-reactive ketones (excluding diaryl/α,β-unsaturated/α-hetero) is 1. The summed E-state index contributed by atoms with van der Waals surface area (Å²) < 4.78 is 1.76. The van der Waals surface area contributed by atoms with Crippen LogP contribution in [0.5, 0.6) is 0 Å². The van der Waals surface area contributed by atoms with Crippen LogP contribution < -0.4 is 0 Å². The number of hydrogen-bond acceptors (Lipinski definition) is 4. The van der Waals surface area contributed by atoms with Crippen molar-refractivity contribution in [3.8, 4) is 5.82 Å². The normalized spacial score (nSPS) is 15.0. The molecule has 0 N–H and O–H groups in total. The molecule has 0 unspecified atom stereocenters. The van der Waals surface area contributed by atoms with E-state index in [2.05, 4.69) is 23.9 Å². The molecule has 1 aromatic carbocycles. The van der Waals surface area contributed by atoms with Crippen molar-refractivity contribution in [2.24, 2.45) is 5.41 Å². The van der Waals surface area contributed by atoms with Crippen LogP contribution in [0, 0.1) is 12.3 Å². The number of rotatable bonds is 4. The molecule has 0 saturated carbocycles. The number of carbonyl (C=O) groups excluding carboxylic acids is 2. The van der Waals surface area contributed by atoms with Crippen LogP contribution in [0.2, 0.25) is 0 Å². The Morgan fingerprint density at radius 3 is 2.53 bits per heavy atom. The van der Waals surface area contributed by atoms with E-state index in [-0.39, 0.29) is 17.1 Å². The first-order chi connectivity index (χ1) is 14.2. The average Bonchev–Trinajstić information content (AvgIpc) is 3.03. The standard InChI is InChI=1S/C24H26N4O2/c1-16-22-19(12-24(2,3)13-20(22)29)28(26-16)21-11-10-18(14-25-21)23(30)27(4)15-17-8-6-5-7-9-17/h5-11,14H,12-13,15H2,1-4H3. The summed E-state index contributed by atoms with van der Waals surface area (Å²) in [7, 11) is 1.78. The molecule has 1 amide bonds. The number of benzene rings is 1. The highest BCUT2D eigenvalue weighted by atomic mass is 16.2. The number of aryl methyl sites for hydroxylation is 1. The number of hydrogen-bond donors (Lipinski definition) is 0. The highest BCUT2D eigenvalue weighted by molar-refractivity contribution is 6.00. The number of nitrogens with zero attached hydrogens (tertiary/aromatic N) is 4. The first kappa shape index (κ1) is 20.0. The number of fused-ring (bicyclic) bond motifs is 1. The molecule has 30 heavy (non-hydrogen) atoms. The van der Waals surface area contributed by atoms with E-state index < -0.39 is 0 Å². The second-order valence-corrected chi connectivity index (χ2v) is 8.81. The monoisotopic (exact) mass is 402 g/mol. The van der Waals surface area contributed by atoms with Crippen LogP contribution in [0.3, 0.4) is 0 Å². The summed E-state index contributed by atoms with van der Waals surface area (Å²) >= 11 is 0. The molecule has 4 rings (SSSR count). The van der Waals surface area contributed by atoms with Gasteiger partial charge in [0.1, 0.15) is 0 Å². The Morgan fingerprint density at radius 2 is 1.87 bits per heavy atom. The number of carbonyl (C=O) groups is 2. The maximum atomic E-state index is 12.8. The highest BCUT2D eigenvalue weighted by Gasteiger charge is 2.35. The first-order valence-corrected chi connectivity index (χ1v) is 10.1. The largest absolute Gasteiger partial charge is 0.337 e. The first-order valence-electron chi connectivity index (χ1n) is 10.1. The summed E-state index contributed by atoms with van der Waals surface area (Å²) in [5.74, 6) is 0.666. The molecule has 1 aliphatic rings. The van der Waals surface area contributed by atoms with Gasteiger partial charge < -0.3 is 4.90 Å². The third kappa shape index (κ3) is 3.77. The van der Waals surface area contributed by atoms with Crippen LogP contribution in [-0.2, 0) is 13.0 Å². The van der Waals surface area contributed by atoms with E-state index in [0.29, 0.717) is 24.3 Å². The molecular weight excluding hydrogens is 376 g/mol. The minimum absolute atomic E-state index is 0.0899. The lowest BCUT2D eigenvalue weighted by Gasteiger charge is -2.29. The second-order valence-electron chi connectivity index (χ2n) is 8.81. The zero-order chi connectivity index (χ0) is 21.5. The van der Waals surface area contributed by atoms with Gasteiger partial charge in [0.05, 0.1) is 22.5 Å². The fraction of sp³-hybridized carbons (Fsp3) is 0.333. The van der Waals surface area contributed by atoms with Gasteiger partial charge >= 0.3 is 0 Å². The Bertz CT molecular complexity index is 1100. The van der Waals surface area contributed by atoms with Crippen LogP contribution in [0.1, 0.15) is 57.9 Å². The van der Waals surface area contributed by atoms with Gasteiger partial charge in [0.25, 0.3) is 5.91 Å². The van der Waals surface area contributed by atoms with Crippen molar-refractivity contribution in [2.75, 3.05) is 7.05 Å². The number of amides is 1. The Labute approximate surface area is 176 Å². The molecule has 0 spiro atoms. The summed E-state index contributed by atoms with van der Waals surface area (Å²) in [5.41, 5.74) is 3.84. The molecule has 3 aromatic rings. The van der Waals surface area contributed by atoms with Gasteiger partial charge in [-0.25, -0.2) is 9.67 Å². The third-order valence-electron chi connectivity index (χ3n) is 5.54. The van der Waals surface area contributed by atoms with E-state index in [0.717, 1.165) is 28.9 Å². The number of ketones is 1. The summed E-state index contributed by atoms with van der Waals surface area (Å²) in [6.45, 7) is 6.59. The van der Waals surface area contributed by atoms with Gasteiger partial charge in [-0.1, -0.05) is 44.2 Å². The van der Waals surface area contributed by atoms with Crippen LogP contribution >= 0.6 is 0 Å². The molecule has 0 bridgehead atoms. The van der Waals surface area contributed by atoms with Crippen molar-refractivity contribution in [3.05, 3.63) is 76.7 Å². The van der Waals surface area contributed by atoms with Gasteiger partial charge in [-0.05, 0) is 36.5 Å². The molecule has 0 aliphatic heterocycles. The van der Waals surface area contributed by atoms with Gasteiger partial charge in [-0.2, -0.15) is 5.10 Å². The Kier molecular flexibility index (Phi) is 5.02. The quantitative estimate of drug-likeness (QED) is 0.661. The van der Waals surface area contributed by atoms with Gasteiger partial charge in [0.2, 0.25) is 0 Å². The maximum Gasteiger partial charge on any atom is 0.255 e. The smallest absolute Gasteiger partial charge is 0.255 e. The van der Waals surface area contributed by atoms with E-state index in [1.54, 1.807) is 35.0 Å². The number of pyridine rings is 1. The van der Waals surface area contributed by atoms with Crippen LogP contribution in [0.25, 0.3) is 5.82 Å². The maximum absolute atomic E-state index is 12.8. The second kappa shape index (κ2) is 7.52. The van der Waals surface area contributed by atoms with Gasteiger partial charge in [0.15, 0.2) is 11.6 Å². The van der Waals surface area contributed by atoms with Crippen molar-refractivity contribution in [1.29, 1.82) is 0 Å². The molecule has 1 aliphatic carbocycles. The molecule has 0 saturated heterocycles. The predicted molar refractivity (Wildman–Crippen MR) is 115 cm³/mol. The van der Waals surface area contributed by atoms with Crippen molar-refractivity contribution in [2.45, 2.75) is 40.2 Å². The summed E-state index contributed by atoms with van der Waals surface area (Å²) in [5, 5.41) is 4.58. The Hall–Kier alpha value is -3.28. The van der Waals surface area contributed by atoms with Gasteiger partial charge in [0, 0.05) is 26.2 Å². The highest BCUT2D eigenvalue weighted by Crippen LogP contribution is 2.36. The van der Waals surface area contributed by atoms with E-state index in [9.17, 15) is 9.59 Å². The van der Waals surface area contributed by atoms with Crippen molar-refractivity contribution in [3.63, 3.8) is 0 Å². The van der Waals surface area contributed by atoms with E-state index in [4.69, 9.17) is 0 Å². The summed E-state index contributed by atoms with van der Waals surface area (Å²) in [4.78, 5) is 31.6. The molecule has 2 heterocycles. The molecule has 0 fully saturated rings. The molecule has 0 atom stereocenters. The summed E-state index contributed by atoms with van der Waals surface area (Å²) in [6.07, 6.45) is 2.87. The predicted octanol–water partition coefficient (Wildman–Crippen LogP) is 4.00. The van der Waals surface area contributed by atoms with Crippen molar-refractivity contribution >= 4 is 11.7 Å². The minimum Gasteiger partial charge on any atom is -0.337 e. The Morgan fingerprint density at radius 1 is 1.13 bits per heavy atom. The fourth-order valence-corrected chi connectivity index (χ4v) is 4.12. The van der Waals surface area contributed by atoms with Gasteiger partial charge in [-0.3, -0.25) is 9.59 Å².